The van der Waals surface area contributed by atoms with Gasteiger partial charge in [0.05, 0.1) is 5.56 Å². The Balaban J connectivity index is 1.51. The predicted molar refractivity (Wildman–Crippen MR) is 76.8 cm³/mol. The SMILES string of the molecule is O=C(O)c1ccc2c(c1)CN(C(=O)C1CC3CC3C1)CC2. The van der Waals surface area contributed by atoms with Crippen molar-refractivity contribution in [1.29, 1.82) is 0 Å². The van der Waals surface area contributed by atoms with Crippen molar-refractivity contribution in [2.75, 3.05) is 6.54 Å². The highest BCUT2D eigenvalue weighted by atomic mass is 16.4. The number of nitrogens with zero attached hydrogens (tertiary/aromatic N) is 1. The fourth-order valence-corrected chi connectivity index (χ4v) is 4.05. The monoisotopic (exact) mass is 285 g/mol. The largest absolute Gasteiger partial charge is 0.478 e. The number of hydrogen-bond donors (Lipinski definition) is 1. The third-order valence-electron chi connectivity index (χ3n) is 5.37. The number of benzene rings is 1. The van der Waals surface area contributed by atoms with Gasteiger partial charge >= 0.3 is 5.97 Å². The van der Waals surface area contributed by atoms with Crippen molar-refractivity contribution in [1.82, 2.24) is 4.90 Å². The number of fused-ring (bicyclic) bond motifs is 2. The molecule has 0 aromatic heterocycles. The molecule has 1 amide bonds. The van der Waals surface area contributed by atoms with Gasteiger partial charge in [0.25, 0.3) is 0 Å². The molecule has 0 spiro atoms. The van der Waals surface area contributed by atoms with Gasteiger partial charge in [0.15, 0.2) is 0 Å². The lowest BCUT2D eigenvalue weighted by Gasteiger charge is -2.31. The Morgan fingerprint density at radius 3 is 2.57 bits per heavy atom. The molecule has 2 fully saturated rings. The number of aromatic carboxylic acids is 1. The zero-order chi connectivity index (χ0) is 14.6. The number of amides is 1. The predicted octanol–water partition coefficient (Wildman–Crippen LogP) is 2.32. The highest BCUT2D eigenvalue weighted by molar-refractivity contribution is 5.88. The average Bonchev–Trinajstić information content (AvgIpc) is 3.11. The standard InChI is InChI=1S/C17H19NO3/c19-16(14-7-12-6-13(12)8-14)18-4-3-10-1-2-11(17(20)21)5-15(10)9-18/h1-2,5,12-14H,3-4,6-9H2,(H,20,21). The Labute approximate surface area is 123 Å². The molecule has 110 valence electrons. The molecule has 1 N–H and O–H groups in total. The number of carbonyl (C=O) groups excluding carboxylic acids is 1. The van der Waals surface area contributed by atoms with E-state index >= 15 is 0 Å². The Morgan fingerprint density at radius 1 is 1.10 bits per heavy atom. The van der Waals surface area contributed by atoms with E-state index < -0.39 is 5.97 Å². The van der Waals surface area contributed by atoms with Crippen LogP contribution in [0.5, 0.6) is 0 Å². The van der Waals surface area contributed by atoms with Crippen molar-refractivity contribution < 1.29 is 14.7 Å². The molecule has 0 bridgehead atoms. The third kappa shape index (κ3) is 2.23. The summed E-state index contributed by atoms with van der Waals surface area (Å²) >= 11 is 0. The first-order chi connectivity index (χ1) is 10.1. The molecule has 0 radical (unpaired) electrons. The first-order valence-electron chi connectivity index (χ1n) is 7.75. The molecule has 1 aromatic rings. The van der Waals surface area contributed by atoms with Gasteiger partial charge in [-0.05, 0) is 60.8 Å². The maximum atomic E-state index is 12.6. The van der Waals surface area contributed by atoms with E-state index in [0.717, 1.165) is 43.2 Å². The topological polar surface area (TPSA) is 57.6 Å². The second-order valence-electron chi connectivity index (χ2n) is 6.72. The molecule has 4 nitrogen and oxygen atoms in total. The molecule has 2 atom stereocenters. The lowest BCUT2D eigenvalue weighted by atomic mass is 9.95. The molecule has 1 heterocycles. The van der Waals surface area contributed by atoms with Gasteiger partial charge in [-0.15, -0.1) is 0 Å². The maximum Gasteiger partial charge on any atom is 0.335 e. The van der Waals surface area contributed by atoms with Crippen molar-refractivity contribution in [3.63, 3.8) is 0 Å². The van der Waals surface area contributed by atoms with E-state index in [1.54, 1.807) is 12.1 Å². The molecule has 2 unspecified atom stereocenters. The number of carboxylic acids is 1. The Kier molecular flexibility index (Phi) is 2.81. The average molecular weight is 285 g/mol. The fourth-order valence-electron chi connectivity index (χ4n) is 4.05. The highest BCUT2D eigenvalue weighted by Crippen LogP contribution is 2.54. The van der Waals surface area contributed by atoms with Gasteiger partial charge in [-0.1, -0.05) is 6.07 Å². The van der Waals surface area contributed by atoms with Crippen LogP contribution in [0.25, 0.3) is 0 Å². The molecule has 4 heteroatoms. The molecular formula is C17H19NO3. The zero-order valence-electron chi connectivity index (χ0n) is 11.9. The third-order valence-corrected chi connectivity index (χ3v) is 5.37. The van der Waals surface area contributed by atoms with Crippen LogP contribution in [0.1, 0.15) is 40.7 Å². The molecule has 1 aromatic carbocycles. The van der Waals surface area contributed by atoms with E-state index in [4.69, 9.17) is 5.11 Å². The molecule has 2 saturated carbocycles. The van der Waals surface area contributed by atoms with Crippen molar-refractivity contribution in [3.05, 3.63) is 34.9 Å². The van der Waals surface area contributed by atoms with Gasteiger partial charge < -0.3 is 10.0 Å². The summed E-state index contributed by atoms with van der Waals surface area (Å²) in [7, 11) is 0. The lowest BCUT2D eigenvalue weighted by Crippen LogP contribution is -2.39. The van der Waals surface area contributed by atoms with Crippen molar-refractivity contribution in [3.8, 4) is 0 Å². The second kappa shape index (κ2) is 4.58. The van der Waals surface area contributed by atoms with Crippen LogP contribution in [0, 0.1) is 17.8 Å². The van der Waals surface area contributed by atoms with E-state index in [9.17, 15) is 9.59 Å². The van der Waals surface area contributed by atoms with Crippen LogP contribution in [0.15, 0.2) is 18.2 Å². The molecule has 2 aliphatic carbocycles. The normalized spacial score (nSPS) is 29.7. The molecular weight excluding hydrogens is 266 g/mol. The first-order valence-corrected chi connectivity index (χ1v) is 7.75. The summed E-state index contributed by atoms with van der Waals surface area (Å²) in [6, 6.07) is 5.28. The molecule has 3 aliphatic rings. The van der Waals surface area contributed by atoms with Crippen LogP contribution in [-0.2, 0) is 17.8 Å². The minimum Gasteiger partial charge on any atom is -0.478 e. The Morgan fingerprint density at radius 2 is 1.86 bits per heavy atom. The number of rotatable bonds is 2. The van der Waals surface area contributed by atoms with E-state index in [1.807, 2.05) is 11.0 Å². The molecule has 21 heavy (non-hydrogen) atoms. The van der Waals surface area contributed by atoms with Gasteiger partial charge in [-0.25, -0.2) is 4.79 Å². The van der Waals surface area contributed by atoms with Gasteiger partial charge in [0.2, 0.25) is 5.91 Å². The highest BCUT2D eigenvalue weighted by Gasteiger charge is 2.48. The first kappa shape index (κ1) is 12.9. The van der Waals surface area contributed by atoms with Gasteiger partial charge in [0, 0.05) is 19.0 Å². The summed E-state index contributed by atoms with van der Waals surface area (Å²) in [5, 5.41) is 9.09. The minimum absolute atomic E-state index is 0.220. The van der Waals surface area contributed by atoms with E-state index in [-0.39, 0.29) is 11.8 Å². The van der Waals surface area contributed by atoms with Crippen LogP contribution in [0.3, 0.4) is 0 Å². The molecule has 4 rings (SSSR count). The van der Waals surface area contributed by atoms with Gasteiger partial charge in [0.1, 0.15) is 0 Å². The molecule has 0 saturated heterocycles. The van der Waals surface area contributed by atoms with Crippen LogP contribution in [-0.4, -0.2) is 28.4 Å². The van der Waals surface area contributed by atoms with Crippen molar-refractivity contribution in [2.24, 2.45) is 17.8 Å². The van der Waals surface area contributed by atoms with Gasteiger partial charge in [-0.2, -0.15) is 0 Å². The Bertz CT molecular complexity index is 614. The van der Waals surface area contributed by atoms with Crippen LogP contribution >= 0.6 is 0 Å². The maximum absolute atomic E-state index is 12.6. The van der Waals surface area contributed by atoms with Crippen LogP contribution in [0.2, 0.25) is 0 Å². The second-order valence-corrected chi connectivity index (χ2v) is 6.72. The van der Waals surface area contributed by atoms with Crippen LogP contribution < -0.4 is 0 Å². The van der Waals surface area contributed by atoms with Crippen molar-refractivity contribution >= 4 is 11.9 Å². The van der Waals surface area contributed by atoms with E-state index in [1.165, 1.54) is 12.0 Å². The smallest absolute Gasteiger partial charge is 0.335 e. The quantitative estimate of drug-likeness (QED) is 0.907. The zero-order valence-corrected chi connectivity index (χ0v) is 11.9. The summed E-state index contributed by atoms with van der Waals surface area (Å²) in [4.78, 5) is 25.6. The summed E-state index contributed by atoms with van der Waals surface area (Å²) in [6.07, 6.45) is 4.30. The van der Waals surface area contributed by atoms with Crippen molar-refractivity contribution in [2.45, 2.75) is 32.2 Å². The molecule has 1 aliphatic heterocycles. The minimum atomic E-state index is -0.905. The summed E-state index contributed by atoms with van der Waals surface area (Å²) in [5.41, 5.74) is 2.49. The summed E-state index contributed by atoms with van der Waals surface area (Å²) in [6.45, 7) is 1.34. The number of carbonyl (C=O) groups is 2. The van der Waals surface area contributed by atoms with Gasteiger partial charge in [-0.3, -0.25) is 4.79 Å². The fraction of sp³-hybridized carbons (Fsp3) is 0.529. The summed E-state index contributed by atoms with van der Waals surface area (Å²) < 4.78 is 0. The van der Waals surface area contributed by atoms with E-state index in [0.29, 0.717) is 12.1 Å². The Hall–Kier alpha value is -1.84. The van der Waals surface area contributed by atoms with Crippen LogP contribution in [0.4, 0.5) is 0 Å². The van der Waals surface area contributed by atoms with E-state index in [2.05, 4.69) is 0 Å². The lowest BCUT2D eigenvalue weighted by molar-refractivity contribution is -0.136. The number of carboxylic acid groups (broad SMARTS) is 1. The number of hydrogen-bond acceptors (Lipinski definition) is 2. The summed E-state index contributed by atoms with van der Waals surface area (Å²) in [5.74, 6) is 1.23.